The van der Waals surface area contributed by atoms with Gasteiger partial charge >= 0.3 is 18.2 Å². The number of carbonyl (C=O) groups excluding carboxylic acids is 1. The maximum Gasteiger partial charge on any atom is 0.471 e. The topological polar surface area (TPSA) is 77.2 Å². The number of carbonyl (C=O) groups is 1. The minimum Gasteiger partial charge on any atom is -0.445 e. The molecule has 0 saturated carbocycles. The van der Waals surface area contributed by atoms with Crippen molar-refractivity contribution >= 4 is 6.09 Å². The van der Waals surface area contributed by atoms with E-state index >= 15 is 0 Å². The predicted octanol–water partition coefficient (Wildman–Crippen LogP) is 3.39. The van der Waals surface area contributed by atoms with Gasteiger partial charge in [-0.25, -0.2) is 4.79 Å². The molecule has 0 aliphatic heterocycles. The van der Waals surface area contributed by atoms with E-state index in [1.54, 1.807) is 26.0 Å². The van der Waals surface area contributed by atoms with Crippen LogP contribution in [0.3, 0.4) is 0 Å². The Kier molecular flexibility index (Phi) is 4.87. The molecule has 2 rings (SSSR count). The summed E-state index contributed by atoms with van der Waals surface area (Å²) in [6, 6.07) is 6.20. The second kappa shape index (κ2) is 6.67. The fraction of sp³-hybridized carbons (Fsp3) is 0.357. The second-order valence-corrected chi connectivity index (χ2v) is 4.99. The summed E-state index contributed by atoms with van der Waals surface area (Å²) >= 11 is 0. The fourth-order valence-corrected chi connectivity index (χ4v) is 1.63. The first-order chi connectivity index (χ1) is 10.8. The summed E-state index contributed by atoms with van der Waals surface area (Å²) < 4.78 is 46.3. The van der Waals surface area contributed by atoms with Crippen LogP contribution in [0.5, 0.6) is 0 Å². The molecular weight excluding hydrogens is 315 g/mol. The molecule has 0 atom stereocenters. The van der Waals surface area contributed by atoms with E-state index in [1.807, 2.05) is 0 Å². The van der Waals surface area contributed by atoms with Crippen LogP contribution in [-0.4, -0.2) is 22.3 Å². The third kappa shape index (κ3) is 4.70. The highest BCUT2D eigenvalue weighted by Crippen LogP contribution is 2.29. The van der Waals surface area contributed by atoms with Gasteiger partial charge in [-0.15, -0.1) is 0 Å². The number of nitrogens with one attached hydrogen (secondary N) is 1. The van der Waals surface area contributed by atoms with Crippen molar-refractivity contribution < 1.29 is 27.2 Å². The number of halogens is 3. The molecule has 0 bridgehead atoms. The van der Waals surface area contributed by atoms with E-state index in [9.17, 15) is 18.0 Å². The molecule has 0 fully saturated rings. The van der Waals surface area contributed by atoms with Crippen molar-refractivity contribution in [3.63, 3.8) is 0 Å². The first-order valence-electron chi connectivity index (χ1n) is 6.69. The van der Waals surface area contributed by atoms with Crippen LogP contribution in [0.15, 0.2) is 28.8 Å². The molecule has 1 heterocycles. The Labute approximate surface area is 129 Å². The normalized spacial score (nSPS) is 11.6. The Morgan fingerprint density at radius 3 is 2.48 bits per heavy atom. The minimum absolute atomic E-state index is 0.0362. The maximum atomic E-state index is 12.4. The van der Waals surface area contributed by atoms with E-state index in [0.717, 1.165) is 0 Å². The van der Waals surface area contributed by atoms with Crippen LogP contribution in [0, 0.1) is 0 Å². The van der Waals surface area contributed by atoms with Crippen molar-refractivity contribution in [1.82, 2.24) is 15.5 Å². The number of rotatable bonds is 4. The summed E-state index contributed by atoms with van der Waals surface area (Å²) in [5.41, 5.74) is 1.03. The highest BCUT2D eigenvalue weighted by Gasteiger charge is 2.38. The van der Waals surface area contributed by atoms with Gasteiger partial charge in [-0.1, -0.05) is 29.4 Å². The van der Waals surface area contributed by atoms with Gasteiger partial charge in [0.15, 0.2) is 0 Å². The average Bonchev–Trinajstić information content (AvgIpc) is 2.95. The largest absolute Gasteiger partial charge is 0.471 e. The molecular formula is C14H14F3N3O3. The van der Waals surface area contributed by atoms with Crippen LogP contribution in [0.4, 0.5) is 18.0 Å². The average molecular weight is 329 g/mol. The summed E-state index contributed by atoms with van der Waals surface area (Å²) in [6.07, 6.45) is -5.22. The van der Waals surface area contributed by atoms with Crippen LogP contribution in [0.2, 0.25) is 0 Å². The first kappa shape index (κ1) is 16.8. The van der Waals surface area contributed by atoms with Gasteiger partial charge in [0.1, 0.15) is 6.61 Å². The van der Waals surface area contributed by atoms with Crippen molar-refractivity contribution in [3.05, 3.63) is 35.7 Å². The number of hydrogen-bond donors (Lipinski definition) is 1. The lowest BCUT2D eigenvalue weighted by Crippen LogP contribution is -2.30. The van der Waals surface area contributed by atoms with Crippen molar-refractivity contribution in [3.8, 4) is 11.4 Å². The number of alkyl carbamates (subject to hydrolysis) is 1. The molecule has 9 heteroatoms. The zero-order chi connectivity index (χ0) is 17.0. The van der Waals surface area contributed by atoms with Crippen molar-refractivity contribution in [2.24, 2.45) is 0 Å². The number of hydrogen-bond acceptors (Lipinski definition) is 5. The Bertz CT molecular complexity index is 666. The zero-order valence-corrected chi connectivity index (χ0v) is 12.3. The zero-order valence-electron chi connectivity index (χ0n) is 12.3. The van der Waals surface area contributed by atoms with Crippen molar-refractivity contribution in [2.75, 3.05) is 0 Å². The van der Waals surface area contributed by atoms with Gasteiger partial charge in [-0.2, -0.15) is 18.2 Å². The van der Waals surface area contributed by atoms with Gasteiger partial charge in [-0.05, 0) is 19.4 Å². The fourth-order valence-electron chi connectivity index (χ4n) is 1.63. The van der Waals surface area contributed by atoms with Crippen LogP contribution in [-0.2, 0) is 17.5 Å². The van der Waals surface area contributed by atoms with Crippen LogP contribution in [0.25, 0.3) is 11.4 Å². The molecule has 6 nitrogen and oxygen atoms in total. The monoisotopic (exact) mass is 329 g/mol. The molecule has 1 N–H and O–H groups in total. The summed E-state index contributed by atoms with van der Waals surface area (Å²) in [5.74, 6) is -1.56. The molecule has 1 aromatic carbocycles. The SMILES string of the molecule is CC(C)NC(=O)OCc1ccc(-c2noc(C(F)(F)F)n2)cc1. The van der Waals surface area contributed by atoms with Crippen molar-refractivity contribution in [2.45, 2.75) is 32.7 Å². The van der Waals surface area contributed by atoms with E-state index in [4.69, 9.17) is 4.74 Å². The molecule has 0 saturated heterocycles. The van der Waals surface area contributed by atoms with E-state index in [2.05, 4.69) is 20.0 Å². The van der Waals surface area contributed by atoms with E-state index in [0.29, 0.717) is 11.1 Å². The maximum absolute atomic E-state index is 12.4. The molecule has 0 spiro atoms. The number of amides is 1. The number of benzene rings is 1. The third-order valence-electron chi connectivity index (χ3n) is 2.66. The minimum atomic E-state index is -4.68. The van der Waals surface area contributed by atoms with Crippen LogP contribution in [0.1, 0.15) is 25.3 Å². The van der Waals surface area contributed by atoms with Crippen LogP contribution >= 0.6 is 0 Å². The predicted molar refractivity (Wildman–Crippen MR) is 73.2 cm³/mol. The highest BCUT2D eigenvalue weighted by molar-refractivity contribution is 5.67. The summed E-state index contributed by atoms with van der Waals surface area (Å²) in [7, 11) is 0. The molecule has 0 unspecified atom stereocenters. The van der Waals surface area contributed by atoms with Gasteiger partial charge < -0.3 is 14.6 Å². The Hall–Kier alpha value is -2.58. The molecule has 0 aliphatic carbocycles. The highest BCUT2D eigenvalue weighted by atomic mass is 19.4. The summed E-state index contributed by atoms with van der Waals surface area (Å²) in [4.78, 5) is 14.6. The number of aromatic nitrogens is 2. The molecule has 2 aromatic rings. The molecule has 124 valence electrons. The number of ether oxygens (including phenoxy) is 1. The van der Waals surface area contributed by atoms with Crippen LogP contribution < -0.4 is 5.32 Å². The smallest absolute Gasteiger partial charge is 0.445 e. The Balaban J connectivity index is 1.99. The van der Waals surface area contributed by atoms with E-state index in [1.165, 1.54) is 12.1 Å². The van der Waals surface area contributed by atoms with E-state index < -0.39 is 18.2 Å². The molecule has 1 aromatic heterocycles. The molecule has 0 aliphatic rings. The van der Waals surface area contributed by atoms with Gasteiger partial charge in [0.25, 0.3) is 0 Å². The quantitative estimate of drug-likeness (QED) is 0.930. The number of alkyl halides is 3. The lowest BCUT2D eigenvalue weighted by molar-refractivity contribution is -0.159. The first-order valence-corrected chi connectivity index (χ1v) is 6.69. The van der Waals surface area contributed by atoms with Gasteiger partial charge in [0, 0.05) is 11.6 Å². The standard InChI is InChI=1S/C14H14F3N3O3/c1-8(2)18-13(21)22-7-9-3-5-10(6-4-9)11-19-12(23-20-11)14(15,16)17/h3-6,8H,7H2,1-2H3,(H,18,21). The van der Waals surface area contributed by atoms with Gasteiger partial charge in [0.2, 0.25) is 5.82 Å². The molecule has 1 amide bonds. The Morgan fingerprint density at radius 2 is 1.96 bits per heavy atom. The van der Waals surface area contributed by atoms with Gasteiger partial charge in [0.05, 0.1) is 0 Å². The summed E-state index contributed by atoms with van der Waals surface area (Å²) in [6.45, 7) is 3.64. The Morgan fingerprint density at radius 1 is 1.30 bits per heavy atom. The lowest BCUT2D eigenvalue weighted by atomic mass is 10.1. The molecule has 0 radical (unpaired) electrons. The molecule has 23 heavy (non-hydrogen) atoms. The van der Waals surface area contributed by atoms with Gasteiger partial charge in [-0.3, -0.25) is 0 Å². The second-order valence-electron chi connectivity index (χ2n) is 4.99. The number of nitrogens with zero attached hydrogens (tertiary/aromatic N) is 2. The summed E-state index contributed by atoms with van der Waals surface area (Å²) in [5, 5.41) is 5.85. The third-order valence-corrected chi connectivity index (χ3v) is 2.66. The van der Waals surface area contributed by atoms with E-state index in [-0.39, 0.29) is 18.5 Å². The lowest BCUT2D eigenvalue weighted by Gasteiger charge is -2.09. The van der Waals surface area contributed by atoms with Crippen molar-refractivity contribution in [1.29, 1.82) is 0 Å².